The summed E-state index contributed by atoms with van der Waals surface area (Å²) in [6.45, 7) is 14.9. The summed E-state index contributed by atoms with van der Waals surface area (Å²) in [5.74, 6) is 0. The van der Waals surface area contributed by atoms with Gasteiger partial charge < -0.3 is 0 Å². The normalized spacial score (nSPS) is 12.0. The molecule has 0 nitrogen and oxygen atoms in total. The first-order valence-electron chi connectivity index (χ1n) is 15.4. The summed E-state index contributed by atoms with van der Waals surface area (Å²) in [5.41, 5.74) is 6.78. The van der Waals surface area contributed by atoms with Gasteiger partial charge in [0, 0.05) is 0 Å². The van der Waals surface area contributed by atoms with Crippen LogP contribution in [0, 0.1) is 55.4 Å². The highest BCUT2D eigenvalue weighted by atomic mass is 19.4. The first-order valence-corrected chi connectivity index (χ1v) is 15.4. The minimum atomic E-state index is -5.55. The highest BCUT2D eigenvalue weighted by molar-refractivity contribution is 5.71. The van der Waals surface area contributed by atoms with Crippen LogP contribution in [0.25, 0.3) is 22.3 Å². The molecule has 6 heteroatoms. The second-order valence-electron chi connectivity index (χ2n) is 12.5. The smallest absolute Gasteiger partial charge is 0.169 e. The molecule has 5 rings (SSSR count). The van der Waals surface area contributed by atoms with Crippen molar-refractivity contribution in [1.82, 2.24) is 0 Å². The maximum atomic E-state index is 14.0. The van der Waals surface area contributed by atoms with Gasteiger partial charge in [-0.15, -0.1) is 0 Å². The number of halogens is 6. The Balaban J connectivity index is 0.000000214. The van der Waals surface area contributed by atoms with Crippen LogP contribution in [-0.2, 0) is 5.41 Å². The molecular weight excluding hydrogens is 606 g/mol. The van der Waals surface area contributed by atoms with Gasteiger partial charge in [0.1, 0.15) is 0 Å². The second-order valence-corrected chi connectivity index (χ2v) is 12.5. The monoisotopic (exact) mass is 646 g/mol. The Bertz CT molecular complexity index is 1740. The molecule has 0 bridgehead atoms. The summed E-state index contributed by atoms with van der Waals surface area (Å²) >= 11 is 0. The lowest BCUT2D eigenvalue weighted by Gasteiger charge is -2.38. The van der Waals surface area contributed by atoms with Gasteiger partial charge in [-0.2, -0.15) is 26.3 Å². The molecule has 0 atom stereocenters. The van der Waals surface area contributed by atoms with Crippen molar-refractivity contribution in [3.05, 3.63) is 153 Å². The fourth-order valence-electron chi connectivity index (χ4n) is 5.63. The van der Waals surface area contributed by atoms with Crippen molar-refractivity contribution in [1.29, 1.82) is 0 Å². The Morgan fingerprint density at radius 1 is 0.298 bits per heavy atom. The van der Waals surface area contributed by atoms with Gasteiger partial charge in [0.2, 0.25) is 5.41 Å². The average molecular weight is 647 g/mol. The van der Waals surface area contributed by atoms with Crippen LogP contribution < -0.4 is 0 Å². The Hall–Kier alpha value is -4.32. The van der Waals surface area contributed by atoms with Crippen LogP contribution in [0.2, 0.25) is 0 Å². The molecule has 0 N–H and O–H groups in total. The molecule has 0 aliphatic rings. The summed E-state index contributed by atoms with van der Waals surface area (Å²) in [5, 5.41) is 0. The molecule has 0 saturated carbocycles. The summed E-state index contributed by atoms with van der Waals surface area (Å²) in [7, 11) is 0. The largest absolute Gasteiger partial charge is 0.411 e. The molecule has 0 heterocycles. The van der Waals surface area contributed by atoms with Gasteiger partial charge in [-0.05, 0) is 133 Å². The maximum Gasteiger partial charge on any atom is 0.411 e. The minimum absolute atomic E-state index is 0.374. The molecule has 0 unspecified atom stereocenters. The predicted molar refractivity (Wildman–Crippen MR) is 181 cm³/mol. The van der Waals surface area contributed by atoms with E-state index in [1.807, 2.05) is 0 Å². The summed E-state index contributed by atoms with van der Waals surface area (Å²) in [4.78, 5) is 0. The molecule has 0 aromatic heterocycles. The molecule has 47 heavy (non-hydrogen) atoms. The first kappa shape index (κ1) is 35.5. The third kappa shape index (κ3) is 7.17. The molecule has 0 amide bonds. The van der Waals surface area contributed by atoms with E-state index in [1.165, 1.54) is 70.5 Å². The molecule has 0 saturated heterocycles. The van der Waals surface area contributed by atoms with Crippen molar-refractivity contribution in [2.45, 2.75) is 73.2 Å². The third-order valence-corrected chi connectivity index (χ3v) is 9.30. The number of hydrogen-bond donors (Lipinski definition) is 0. The average Bonchev–Trinajstić information content (AvgIpc) is 2.99. The Labute approximate surface area is 274 Å². The fourth-order valence-corrected chi connectivity index (χ4v) is 5.63. The molecular formula is C41H40F6. The first-order chi connectivity index (χ1) is 21.9. The van der Waals surface area contributed by atoms with Crippen molar-refractivity contribution in [3.8, 4) is 22.3 Å². The Kier molecular flexibility index (Phi) is 10.1. The van der Waals surface area contributed by atoms with Crippen LogP contribution in [0.4, 0.5) is 26.3 Å². The van der Waals surface area contributed by atoms with Crippen molar-refractivity contribution in [2.24, 2.45) is 0 Å². The summed E-state index contributed by atoms with van der Waals surface area (Å²) in [6, 6.07) is 28.6. The number of aryl methyl sites for hydroxylation is 8. The summed E-state index contributed by atoms with van der Waals surface area (Å²) in [6.07, 6.45) is -11.1. The lowest BCUT2D eigenvalue weighted by Crippen LogP contribution is -2.54. The van der Waals surface area contributed by atoms with Gasteiger partial charge in [0.25, 0.3) is 0 Å². The standard InChI is InChI=1S/C22H22.C19H18F6/c1-15-5-7-21(13-17(15)3)19-9-11-20(12-10-19)22-8-6-16(2)18(4)14-22;1-11-5-7-15(9-13(11)3)17(18(20,21)22,19(23,24)25)16-8-6-12(2)14(4)10-16/h5-14H,1-4H3;5-10H,1-4H3. The highest BCUT2D eigenvalue weighted by Gasteiger charge is 2.72. The van der Waals surface area contributed by atoms with Crippen LogP contribution in [0.1, 0.15) is 55.6 Å². The molecule has 0 radical (unpaired) electrons. The van der Waals surface area contributed by atoms with E-state index in [0.717, 1.165) is 24.3 Å². The molecule has 0 spiro atoms. The zero-order chi connectivity index (χ0) is 34.9. The lowest BCUT2D eigenvalue weighted by atomic mass is 9.71. The van der Waals surface area contributed by atoms with E-state index in [-0.39, 0.29) is 0 Å². The molecule has 5 aromatic carbocycles. The Morgan fingerprint density at radius 2 is 0.553 bits per heavy atom. The van der Waals surface area contributed by atoms with Crippen LogP contribution in [0.3, 0.4) is 0 Å². The Morgan fingerprint density at radius 3 is 0.809 bits per heavy atom. The van der Waals surface area contributed by atoms with Crippen LogP contribution in [0.5, 0.6) is 0 Å². The van der Waals surface area contributed by atoms with E-state index in [1.54, 1.807) is 13.8 Å². The molecule has 5 aromatic rings. The van der Waals surface area contributed by atoms with Crippen molar-refractivity contribution in [3.63, 3.8) is 0 Å². The number of rotatable bonds is 4. The van der Waals surface area contributed by atoms with Crippen LogP contribution in [0.15, 0.2) is 97.1 Å². The van der Waals surface area contributed by atoms with Crippen LogP contribution in [-0.4, -0.2) is 12.4 Å². The topological polar surface area (TPSA) is 0 Å². The number of benzene rings is 5. The quantitative estimate of drug-likeness (QED) is 0.171. The van der Waals surface area contributed by atoms with Gasteiger partial charge in [-0.1, -0.05) is 97.1 Å². The zero-order valence-electron chi connectivity index (χ0n) is 28.0. The third-order valence-electron chi connectivity index (χ3n) is 9.30. The van der Waals surface area contributed by atoms with E-state index in [9.17, 15) is 26.3 Å². The second kappa shape index (κ2) is 13.4. The maximum absolute atomic E-state index is 14.0. The van der Waals surface area contributed by atoms with Crippen molar-refractivity contribution < 1.29 is 26.3 Å². The van der Waals surface area contributed by atoms with Crippen molar-refractivity contribution >= 4 is 0 Å². The van der Waals surface area contributed by atoms with Gasteiger partial charge >= 0.3 is 12.4 Å². The molecule has 0 fully saturated rings. The zero-order valence-corrected chi connectivity index (χ0v) is 28.0. The number of hydrogen-bond acceptors (Lipinski definition) is 0. The lowest BCUT2D eigenvalue weighted by molar-refractivity contribution is -0.288. The van der Waals surface area contributed by atoms with Gasteiger partial charge in [-0.3, -0.25) is 0 Å². The van der Waals surface area contributed by atoms with E-state index < -0.39 is 28.9 Å². The highest BCUT2D eigenvalue weighted by Crippen LogP contribution is 2.56. The minimum Gasteiger partial charge on any atom is -0.169 e. The van der Waals surface area contributed by atoms with Crippen LogP contribution >= 0.6 is 0 Å². The van der Waals surface area contributed by atoms with Gasteiger partial charge in [0.05, 0.1) is 0 Å². The van der Waals surface area contributed by atoms with Gasteiger partial charge in [-0.25, -0.2) is 0 Å². The predicted octanol–water partition coefficient (Wildman–Crippen LogP) is 12.6. The molecule has 0 aliphatic heterocycles. The van der Waals surface area contributed by atoms with Gasteiger partial charge in [0.15, 0.2) is 0 Å². The summed E-state index contributed by atoms with van der Waals surface area (Å²) < 4.78 is 83.9. The van der Waals surface area contributed by atoms with E-state index >= 15 is 0 Å². The molecule has 246 valence electrons. The SMILES string of the molecule is Cc1ccc(-c2ccc(-c3ccc(C)c(C)c3)cc2)cc1C.Cc1ccc(C(c2ccc(C)c(C)c2)(C(F)(F)F)C(F)(F)F)cc1C. The fraction of sp³-hybridized carbons (Fsp3) is 0.268. The van der Waals surface area contributed by atoms with Crippen molar-refractivity contribution in [2.75, 3.05) is 0 Å². The molecule has 0 aliphatic carbocycles. The van der Waals surface area contributed by atoms with E-state index in [2.05, 4.69) is 88.4 Å². The van der Waals surface area contributed by atoms with E-state index in [4.69, 9.17) is 0 Å². The van der Waals surface area contributed by atoms with E-state index in [0.29, 0.717) is 22.3 Å². The number of alkyl halides is 6.